The standard InChI is InChI=1S/C20H29N5O4S/c1-5-25-19(24-9-11-29-12-10-24)21-22-20(25)30-14-17(26)23(2)13-15-7-6-8-16(27-3)18(15)28-4/h6-8H,5,9-14H2,1-4H3. The summed E-state index contributed by atoms with van der Waals surface area (Å²) in [6.07, 6.45) is 0. The molecule has 1 saturated heterocycles. The first-order chi connectivity index (χ1) is 14.6. The van der Waals surface area contributed by atoms with Gasteiger partial charge in [-0.3, -0.25) is 9.36 Å². The Kier molecular flexibility index (Phi) is 7.81. The number of methoxy groups -OCH3 is 2. The van der Waals surface area contributed by atoms with Crippen molar-refractivity contribution in [2.45, 2.75) is 25.2 Å². The van der Waals surface area contributed by atoms with Crippen LogP contribution in [0.4, 0.5) is 5.95 Å². The molecular formula is C20H29N5O4S. The highest BCUT2D eigenvalue weighted by atomic mass is 32.2. The smallest absolute Gasteiger partial charge is 0.233 e. The van der Waals surface area contributed by atoms with E-state index in [4.69, 9.17) is 14.2 Å². The summed E-state index contributed by atoms with van der Waals surface area (Å²) in [4.78, 5) is 16.6. The first kappa shape index (κ1) is 22.2. The molecule has 1 aliphatic rings. The summed E-state index contributed by atoms with van der Waals surface area (Å²) in [5.41, 5.74) is 0.893. The Bertz CT molecular complexity index is 854. The predicted octanol–water partition coefficient (Wildman–Crippen LogP) is 1.90. The lowest BCUT2D eigenvalue weighted by Crippen LogP contribution is -2.38. The lowest BCUT2D eigenvalue weighted by molar-refractivity contribution is -0.127. The number of hydrogen-bond acceptors (Lipinski definition) is 8. The minimum atomic E-state index is 0.00319. The Morgan fingerprint density at radius 1 is 1.23 bits per heavy atom. The second-order valence-corrected chi connectivity index (χ2v) is 7.76. The number of morpholine rings is 1. The number of carbonyl (C=O) groups excluding carboxylic acids is 1. The molecule has 164 valence electrons. The maximum absolute atomic E-state index is 12.7. The van der Waals surface area contributed by atoms with E-state index in [1.54, 1.807) is 26.2 Å². The topological polar surface area (TPSA) is 82.0 Å². The van der Waals surface area contributed by atoms with Gasteiger partial charge in [0.1, 0.15) is 0 Å². The number of anilines is 1. The molecule has 2 aromatic rings. The van der Waals surface area contributed by atoms with Gasteiger partial charge in [0.15, 0.2) is 16.7 Å². The van der Waals surface area contributed by atoms with Crippen molar-refractivity contribution < 1.29 is 19.0 Å². The summed E-state index contributed by atoms with van der Waals surface area (Å²) < 4.78 is 18.3. The molecular weight excluding hydrogens is 406 g/mol. The lowest BCUT2D eigenvalue weighted by atomic mass is 10.1. The molecule has 1 fully saturated rings. The predicted molar refractivity (Wildman–Crippen MR) is 115 cm³/mol. The number of nitrogens with zero attached hydrogens (tertiary/aromatic N) is 5. The summed E-state index contributed by atoms with van der Waals surface area (Å²) in [7, 11) is 4.98. The lowest BCUT2D eigenvalue weighted by Gasteiger charge is -2.27. The summed E-state index contributed by atoms with van der Waals surface area (Å²) in [5.74, 6) is 2.42. The Hall–Kier alpha value is -2.46. The molecule has 0 saturated carbocycles. The fourth-order valence-corrected chi connectivity index (χ4v) is 4.26. The van der Waals surface area contributed by atoms with Crippen molar-refractivity contribution in [1.82, 2.24) is 19.7 Å². The van der Waals surface area contributed by atoms with Gasteiger partial charge in [-0.2, -0.15) is 0 Å². The number of rotatable bonds is 9. The fourth-order valence-electron chi connectivity index (χ4n) is 3.32. The molecule has 3 rings (SSSR count). The molecule has 9 nitrogen and oxygen atoms in total. The van der Waals surface area contributed by atoms with Crippen LogP contribution >= 0.6 is 11.8 Å². The van der Waals surface area contributed by atoms with Gasteiger partial charge in [0.2, 0.25) is 11.9 Å². The molecule has 1 aromatic heterocycles. The monoisotopic (exact) mass is 435 g/mol. The summed E-state index contributed by atoms with van der Waals surface area (Å²) in [6.45, 7) is 6.21. The minimum absolute atomic E-state index is 0.00319. The third kappa shape index (κ3) is 4.99. The van der Waals surface area contributed by atoms with Crippen LogP contribution in [-0.2, 0) is 22.6 Å². The number of thioether (sulfide) groups is 1. The molecule has 0 N–H and O–H groups in total. The minimum Gasteiger partial charge on any atom is -0.493 e. The molecule has 0 aliphatic carbocycles. The molecule has 10 heteroatoms. The molecule has 0 spiro atoms. The van der Waals surface area contributed by atoms with Gasteiger partial charge in [-0.25, -0.2) is 0 Å². The number of amides is 1. The highest BCUT2D eigenvalue weighted by Crippen LogP contribution is 2.31. The van der Waals surface area contributed by atoms with Crippen molar-refractivity contribution in [1.29, 1.82) is 0 Å². The van der Waals surface area contributed by atoms with Gasteiger partial charge >= 0.3 is 0 Å². The average molecular weight is 436 g/mol. The van der Waals surface area contributed by atoms with E-state index < -0.39 is 0 Å². The molecule has 0 bridgehead atoms. The molecule has 1 aromatic carbocycles. The van der Waals surface area contributed by atoms with Crippen molar-refractivity contribution in [2.24, 2.45) is 0 Å². The van der Waals surface area contributed by atoms with E-state index in [1.165, 1.54) is 11.8 Å². The molecule has 0 unspecified atom stereocenters. The Labute approximate surface area is 181 Å². The fraction of sp³-hybridized carbons (Fsp3) is 0.550. The van der Waals surface area contributed by atoms with E-state index in [-0.39, 0.29) is 11.7 Å². The van der Waals surface area contributed by atoms with Crippen molar-refractivity contribution in [3.05, 3.63) is 23.8 Å². The number of carbonyl (C=O) groups is 1. The van der Waals surface area contributed by atoms with Gasteiger partial charge in [-0.05, 0) is 13.0 Å². The second-order valence-electron chi connectivity index (χ2n) is 6.82. The van der Waals surface area contributed by atoms with Crippen LogP contribution in [0.15, 0.2) is 23.4 Å². The van der Waals surface area contributed by atoms with Gasteiger partial charge < -0.3 is 24.0 Å². The molecule has 1 aliphatic heterocycles. The molecule has 30 heavy (non-hydrogen) atoms. The summed E-state index contributed by atoms with van der Waals surface area (Å²) in [5, 5.41) is 9.41. The summed E-state index contributed by atoms with van der Waals surface area (Å²) in [6, 6.07) is 5.66. The number of aromatic nitrogens is 3. The molecule has 1 amide bonds. The van der Waals surface area contributed by atoms with Gasteiger partial charge in [-0.1, -0.05) is 23.9 Å². The van der Waals surface area contributed by atoms with Gasteiger partial charge in [0.05, 0.1) is 33.2 Å². The van der Waals surface area contributed by atoms with Crippen LogP contribution in [-0.4, -0.2) is 78.9 Å². The van der Waals surface area contributed by atoms with E-state index in [0.29, 0.717) is 31.3 Å². The Morgan fingerprint density at radius 3 is 2.67 bits per heavy atom. The Balaban J connectivity index is 1.62. The van der Waals surface area contributed by atoms with Crippen molar-refractivity contribution in [2.75, 3.05) is 58.2 Å². The van der Waals surface area contributed by atoms with Crippen LogP contribution in [0.1, 0.15) is 12.5 Å². The van der Waals surface area contributed by atoms with E-state index in [2.05, 4.69) is 22.0 Å². The van der Waals surface area contributed by atoms with E-state index in [0.717, 1.165) is 36.3 Å². The number of hydrogen-bond donors (Lipinski definition) is 0. The van der Waals surface area contributed by atoms with Gasteiger partial charge in [0, 0.05) is 38.8 Å². The maximum Gasteiger partial charge on any atom is 0.233 e. The third-order valence-corrected chi connectivity index (χ3v) is 5.90. The van der Waals surface area contributed by atoms with Crippen molar-refractivity contribution in [3.63, 3.8) is 0 Å². The quantitative estimate of drug-likeness (QED) is 0.553. The number of para-hydroxylation sites is 1. The maximum atomic E-state index is 12.7. The number of benzene rings is 1. The third-order valence-electron chi connectivity index (χ3n) is 4.95. The van der Waals surface area contributed by atoms with E-state index in [1.807, 2.05) is 22.8 Å². The van der Waals surface area contributed by atoms with Crippen LogP contribution in [0.3, 0.4) is 0 Å². The molecule has 0 radical (unpaired) electrons. The largest absolute Gasteiger partial charge is 0.493 e. The summed E-state index contributed by atoms with van der Waals surface area (Å²) >= 11 is 1.41. The van der Waals surface area contributed by atoms with Gasteiger partial charge in [0.25, 0.3) is 0 Å². The SMILES string of the molecule is CCn1c(SCC(=O)N(C)Cc2cccc(OC)c2OC)nnc1N1CCOCC1. The van der Waals surface area contributed by atoms with Crippen molar-refractivity contribution in [3.8, 4) is 11.5 Å². The normalized spacial score (nSPS) is 13.9. The average Bonchev–Trinajstić information content (AvgIpc) is 3.20. The zero-order valence-electron chi connectivity index (χ0n) is 18.0. The van der Waals surface area contributed by atoms with E-state index in [9.17, 15) is 4.79 Å². The molecule has 2 heterocycles. The zero-order chi connectivity index (χ0) is 21.5. The van der Waals surface area contributed by atoms with Crippen LogP contribution in [0.2, 0.25) is 0 Å². The van der Waals surface area contributed by atoms with Crippen molar-refractivity contribution >= 4 is 23.6 Å². The van der Waals surface area contributed by atoms with Gasteiger partial charge in [-0.15, -0.1) is 10.2 Å². The highest BCUT2D eigenvalue weighted by molar-refractivity contribution is 7.99. The highest BCUT2D eigenvalue weighted by Gasteiger charge is 2.21. The van der Waals surface area contributed by atoms with Crippen LogP contribution in [0.5, 0.6) is 11.5 Å². The van der Waals surface area contributed by atoms with Crippen LogP contribution < -0.4 is 14.4 Å². The first-order valence-corrected chi connectivity index (χ1v) is 10.9. The zero-order valence-corrected chi connectivity index (χ0v) is 18.8. The molecule has 0 atom stereocenters. The Morgan fingerprint density at radius 2 is 2.00 bits per heavy atom. The second kappa shape index (κ2) is 10.5. The number of ether oxygens (including phenoxy) is 3. The van der Waals surface area contributed by atoms with E-state index >= 15 is 0 Å². The first-order valence-electron chi connectivity index (χ1n) is 9.91. The van der Waals surface area contributed by atoms with Crippen LogP contribution in [0, 0.1) is 0 Å². The van der Waals surface area contributed by atoms with Crippen LogP contribution in [0.25, 0.3) is 0 Å².